The van der Waals surface area contributed by atoms with Crippen LogP contribution in [0.1, 0.15) is 48.9 Å². The number of fused-ring (bicyclic) bond motifs is 2. The summed E-state index contributed by atoms with van der Waals surface area (Å²) < 4.78 is 0. The van der Waals surface area contributed by atoms with Gasteiger partial charge in [0.2, 0.25) is 5.91 Å². The fourth-order valence-electron chi connectivity index (χ4n) is 6.61. The van der Waals surface area contributed by atoms with E-state index in [1.165, 1.54) is 17.1 Å². The Kier molecular flexibility index (Phi) is 10.7. The van der Waals surface area contributed by atoms with Crippen LogP contribution in [0.15, 0.2) is 58.6 Å². The zero-order valence-corrected chi connectivity index (χ0v) is 25.0. The number of rotatable bonds is 15. The summed E-state index contributed by atoms with van der Waals surface area (Å²) in [5.74, 6) is -5.86. The van der Waals surface area contributed by atoms with E-state index in [0.29, 0.717) is 18.4 Å². The van der Waals surface area contributed by atoms with E-state index in [1.54, 1.807) is 30.4 Å². The van der Waals surface area contributed by atoms with Gasteiger partial charge >= 0.3 is 17.9 Å². The van der Waals surface area contributed by atoms with Gasteiger partial charge in [0.15, 0.2) is 5.54 Å². The van der Waals surface area contributed by atoms with Crippen molar-refractivity contribution in [2.24, 2.45) is 22.6 Å². The van der Waals surface area contributed by atoms with Crippen LogP contribution in [-0.2, 0) is 19.2 Å². The van der Waals surface area contributed by atoms with Crippen molar-refractivity contribution in [3.63, 3.8) is 0 Å². The summed E-state index contributed by atoms with van der Waals surface area (Å²) in [4.78, 5) is 70.0. The number of hydrazine groups is 1. The van der Waals surface area contributed by atoms with Gasteiger partial charge < -0.3 is 31.5 Å². The third-order valence-corrected chi connectivity index (χ3v) is 8.66. The molecule has 3 aliphatic rings. The normalized spacial score (nSPS) is 22.1. The van der Waals surface area contributed by atoms with Crippen molar-refractivity contribution in [2.75, 3.05) is 19.7 Å². The number of benzene rings is 1. The minimum atomic E-state index is -2.52. The predicted octanol–water partition coefficient (Wildman–Crippen LogP) is 0.641. The molecule has 5 atom stereocenters. The van der Waals surface area contributed by atoms with Gasteiger partial charge in [-0.2, -0.15) is 5.01 Å². The van der Waals surface area contributed by atoms with Crippen LogP contribution in [0.2, 0.25) is 0 Å². The number of aliphatic hydroxyl groups is 1. The molecule has 1 heterocycles. The molecule has 0 saturated heterocycles. The highest BCUT2D eigenvalue weighted by Gasteiger charge is 2.58. The molecule has 3 unspecified atom stereocenters. The zero-order valence-electron chi connectivity index (χ0n) is 25.0. The number of amides is 2. The maximum absolute atomic E-state index is 14.6. The number of aliphatic hydroxyl groups excluding tert-OH is 1. The molecule has 0 aromatic heterocycles. The minimum Gasteiger partial charge on any atom is -0.481 e. The molecule has 0 radical (unpaired) electrons. The summed E-state index contributed by atoms with van der Waals surface area (Å²) in [7, 11) is 0. The molecule has 14 heteroatoms. The van der Waals surface area contributed by atoms with Crippen LogP contribution < -0.4 is 11.1 Å². The Morgan fingerprint density at radius 2 is 1.87 bits per heavy atom. The van der Waals surface area contributed by atoms with E-state index in [0.717, 1.165) is 10.6 Å². The Labute approximate surface area is 265 Å². The van der Waals surface area contributed by atoms with Gasteiger partial charge in [-0.25, -0.2) is 4.79 Å². The van der Waals surface area contributed by atoms with E-state index in [4.69, 9.17) is 12.2 Å². The molecule has 244 valence electrons. The molecule has 1 aromatic carbocycles. The zero-order chi connectivity index (χ0) is 33.6. The molecular weight excluding hydrogens is 598 g/mol. The molecule has 0 spiro atoms. The van der Waals surface area contributed by atoms with Crippen molar-refractivity contribution in [1.82, 2.24) is 15.3 Å². The SMILES string of the molecule is C#CCN([C@H]1CCC2=CC3N=C(CO)NC(=O)C3C=C21)N(C(=O)c1ccccc1)[C@@](CCCN)(C(=O)O)C(CCC(=O)O)C(=O)O. The molecule has 1 aliphatic heterocycles. The van der Waals surface area contributed by atoms with Crippen LogP contribution in [0.25, 0.3) is 0 Å². The maximum atomic E-state index is 14.6. The van der Waals surface area contributed by atoms with Gasteiger partial charge in [0.05, 0.1) is 30.5 Å². The Balaban J connectivity index is 1.95. The number of carbonyl (C=O) groups is 5. The fourth-order valence-corrected chi connectivity index (χ4v) is 6.61. The first-order valence-electron chi connectivity index (χ1n) is 14.9. The summed E-state index contributed by atoms with van der Waals surface area (Å²) in [6.45, 7) is -0.820. The van der Waals surface area contributed by atoms with E-state index < -0.39 is 85.1 Å². The number of terminal acetylenes is 1. The number of hydrogen-bond donors (Lipinski definition) is 6. The molecule has 0 bridgehead atoms. The highest BCUT2D eigenvalue weighted by molar-refractivity contribution is 6.03. The van der Waals surface area contributed by atoms with Gasteiger partial charge in [-0.05, 0) is 61.9 Å². The number of carbonyl (C=O) groups excluding carboxylic acids is 2. The number of nitrogens with two attached hydrogens (primary N) is 1. The minimum absolute atomic E-state index is 0.0146. The smallest absolute Gasteiger partial charge is 0.332 e. The molecule has 7 N–H and O–H groups in total. The van der Waals surface area contributed by atoms with Crippen LogP contribution >= 0.6 is 0 Å². The molecule has 2 aliphatic carbocycles. The highest BCUT2D eigenvalue weighted by Crippen LogP contribution is 2.44. The number of hydrogen-bond acceptors (Lipinski definition) is 9. The molecule has 46 heavy (non-hydrogen) atoms. The van der Waals surface area contributed by atoms with Crippen molar-refractivity contribution in [2.45, 2.75) is 56.1 Å². The van der Waals surface area contributed by atoms with E-state index >= 15 is 0 Å². The average Bonchev–Trinajstić information content (AvgIpc) is 3.44. The summed E-state index contributed by atoms with van der Waals surface area (Å²) in [5.41, 5.74) is 4.73. The molecule has 2 amide bonds. The largest absolute Gasteiger partial charge is 0.481 e. The summed E-state index contributed by atoms with van der Waals surface area (Å²) in [5, 5.41) is 45.3. The number of carboxylic acid groups (broad SMARTS) is 3. The van der Waals surface area contributed by atoms with Crippen molar-refractivity contribution >= 4 is 35.6 Å². The summed E-state index contributed by atoms with van der Waals surface area (Å²) in [6, 6.07) is 6.37. The van der Waals surface area contributed by atoms with Gasteiger partial charge in [0, 0.05) is 12.0 Å². The number of nitrogens with zero attached hydrogens (tertiary/aromatic N) is 3. The Bertz CT molecular complexity index is 1520. The van der Waals surface area contributed by atoms with E-state index in [9.17, 15) is 44.4 Å². The lowest BCUT2D eigenvalue weighted by Gasteiger charge is -2.50. The highest BCUT2D eigenvalue weighted by atomic mass is 16.4. The molecule has 1 aromatic rings. The van der Waals surface area contributed by atoms with Crippen molar-refractivity contribution in [3.8, 4) is 12.3 Å². The Morgan fingerprint density at radius 1 is 1.15 bits per heavy atom. The number of carboxylic acids is 3. The molecule has 1 saturated carbocycles. The van der Waals surface area contributed by atoms with Crippen LogP contribution in [0.3, 0.4) is 0 Å². The van der Waals surface area contributed by atoms with Crippen molar-refractivity contribution < 1.29 is 44.4 Å². The topological polar surface area (TPSA) is 223 Å². The standard InChI is InChI=1S/C32H37N5O9/c1-2-15-36(25-11-9-20-16-24-22(17-21(20)25)28(41)35-26(18-38)34-24)37(29(42)19-7-4-3-5-8-19)32(31(45)46,13-6-14-33)23(30(43)44)10-12-27(39)40/h1,3-5,7-8,16-17,22-25,38H,6,9-15,18,33H2,(H,39,40)(H,43,44)(H,45,46)(H,34,35,41)/t22?,23?,24?,25-,32+/m0/s1. The second-order valence-corrected chi connectivity index (χ2v) is 11.3. The van der Waals surface area contributed by atoms with Gasteiger partial charge in [-0.3, -0.25) is 29.2 Å². The fraction of sp³-hybridized carbons (Fsp3) is 0.438. The van der Waals surface area contributed by atoms with E-state index in [-0.39, 0.29) is 30.9 Å². The number of aliphatic imine (C=N–C) groups is 1. The summed E-state index contributed by atoms with van der Waals surface area (Å²) >= 11 is 0. The third kappa shape index (κ3) is 6.57. The van der Waals surface area contributed by atoms with E-state index in [2.05, 4.69) is 16.2 Å². The lowest BCUT2D eigenvalue weighted by Crippen LogP contribution is -2.70. The number of nitrogens with one attached hydrogen (secondary N) is 1. The van der Waals surface area contributed by atoms with E-state index in [1.807, 2.05) is 0 Å². The quantitative estimate of drug-likeness (QED) is 0.116. The van der Waals surface area contributed by atoms with Gasteiger partial charge in [-0.1, -0.05) is 36.3 Å². The molecule has 1 fully saturated rings. The second kappa shape index (κ2) is 14.5. The third-order valence-electron chi connectivity index (χ3n) is 8.66. The molecule has 4 rings (SSSR count). The maximum Gasteiger partial charge on any atom is 0.332 e. The van der Waals surface area contributed by atoms with Crippen LogP contribution in [0.4, 0.5) is 0 Å². The van der Waals surface area contributed by atoms with Crippen LogP contribution in [0.5, 0.6) is 0 Å². The van der Waals surface area contributed by atoms with Gasteiger partial charge in [-0.15, -0.1) is 6.42 Å². The first-order valence-corrected chi connectivity index (χ1v) is 14.9. The van der Waals surface area contributed by atoms with Crippen molar-refractivity contribution in [3.05, 3.63) is 59.2 Å². The first kappa shape index (κ1) is 34.0. The first-order chi connectivity index (χ1) is 22.0. The lowest BCUT2D eigenvalue weighted by molar-refractivity contribution is -0.182. The van der Waals surface area contributed by atoms with Crippen LogP contribution in [-0.4, -0.2) is 103 Å². The van der Waals surface area contributed by atoms with Crippen LogP contribution in [0, 0.1) is 24.2 Å². The monoisotopic (exact) mass is 635 g/mol. The second-order valence-electron chi connectivity index (χ2n) is 11.3. The molecular formula is C32H37N5O9. The number of aliphatic carboxylic acids is 3. The number of amidine groups is 1. The Hall–Kier alpha value is -4.84. The predicted molar refractivity (Wildman–Crippen MR) is 164 cm³/mol. The summed E-state index contributed by atoms with van der Waals surface area (Å²) in [6.07, 6.45) is 8.39. The molecule has 14 nitrogen and oxygen atoms in total. The Morgan fingerprint density at radius 3 is 2.46 bits per heavy atom. The van der Waals surface area contributed by atoms with Gasteiger partial charge in [0.1, 0.15) is 12.4 Å². The lowest BCUT2D eigenvalue weighted by atomic mass is 9.76. The average molecular weight is 636 g/mol. The van der Waals surface area contributed by atoms with Gasteiger partial charge in [0.25, 0.3) is 5.91 Å². The van der Waals surface area contributed by atoms with Crippen molar-refractivity contribution in [1.29, 1.82) is 0 Å².